The Balaban J connectivity index is 1.62. The van der Waals surface area contributed by atoms with Gasteiger partial charge >= 0.3 is 0 Å². The molecular weight excluding hydrogens is 300 g/mol. The van der Waals surface area contributed by atoms with Gasteiger partial charge in [-0.1, -0.05) is 50.8 Å². The van der Waals surface area contributed by atoms with Gasteiger partial charge < -0.3 is 0 Å². The third-order valence-corrected chi connectivity index (χ3v) is 5.94. The van der Waals surface area contributed by atoms with Crippen LogP contribution in [0.15, 0.2) is 54.6 Å². The lowest BCUT2D eigenvalue weighted by atomic mass is 9.85. The lowest BCUT2D eigenvalue weighted by Crippen LogP contribution is -2.09. The molecule has 2 aromatic rings. The Morgan fingerprint density at radius 3 is 2.83 bits per heavy atom. The quantitative estimate of drug-likeness (QED) is 0.490. The van der Waals surface area contributed by atoms with Crippen molar-refractivity contribution in [1.29, 1.82) is 0 Å². The second-order valence-corrected chi connectivity index (χ2v) is 8.36. The van der Waals surface area contributed by atoms with Gasteiger partial charge in [-0.05, 0) is 47.8 Å². The molecular formula is C21H24OS. The van der Waals surface area contributed by atoms with Crippen molar-refractivity contribution in [2.24, 2.45) is 11.3 Å². The first kappa shape index (κ1) is 16.2. The summed E-state index contributed by atoms with van der Waals surface area (Å²) in [6.07, 6.45) is 8.30. The van der Waals surface area contributed by atoms with E-state index >= 15 is 0 Å². The normalized spacial score (nSPS) is 19.3. The highest BCUT2D eigenvalue weighted by atomic mass is 32.1. The molecule has 1 aliphatic rings. The van der Waals surface area contributed by atoms with Crippen LogP contribution in [-0.2, 0) is 11.2 Å². The number of aryl methyl sites for hydroxylation is 1. The summed E-state index contributed by atoms with van der Waals surface area (Å²) in [6.45, 7) is 8.48. The van der Waals surface area contributed by atoms with E-state index in [1.807, 2.05) is 11.3 Å². The molecule has 0 bridgehead atoms. The molecule has 0 saturated heterocycles. The molecule has 1 nitrogen and oxygen atoms in total. The number of fused-ring (bicyclic) bond motifs is 1. The summed E-state index contributed by atoms with van der Waals surface area (Å²) >= 11 is 1.90. The summed E-state index contributed by atoms with van der Waals surface area (Å²) in [5.41, 5.74) is 0.934. The van der Waals surface area contributed by atoms with Crippen molar-refractivity contribution in [3.05, 3.63) is 59.5 Å². The smallest absolute Gasteiger partial charge is 0.158 e. The van der Waals surface area contributed by atoms with Gasteiger partial charge in [0.15, 0.2) is 5.78 Å². The minimum Gasteiger partial charge on any atom is -0.295 e. The number of benzene rings is 1. The van der Waals surface area contributed by atoms with Crippen LogP contribution in [0.1, 0.15) is 38.0 Å². The van der Waals surface area contributed by atoms with Gasteiger partial charge in [0.05, 0.1) is 0 Å². The number of carbonyl (C=O) groups is 1. The van der Waals surface area contributed by atoms with Crippen molar-refractivity contribution < 1.29 is 4.79 Å². The monoisotopic (exact) mass is 324 g/mol. The molecule has 0 radical (unpaired) electrons. The number of Topliss-reactive ketones (excluding diaryl/α,β-unsaturated/α-hetero) is 1. The fourth-order valence-electron chi connectivity index (χ4n) is 3.11. The maximum Gasteiger partial charge on any atom is 0.158 e. The summed E-state index contributed by atoms with van der Waals surface area (Å²) in [5, 5.41) is 1.35. The molecule has 0 amide bonds. The number of thiophene rings is 1. The standard InChI is InChI=1S/C21H24OS/c1-15-16(8-9-19(15)22)10-12-21(2,3)13-11-18-14-17-6-4-5-7-20(17)23-18/h4-7,10,12,14,16H,1,8-9,11,13H2,2-3H3/b12-10+/t16-/m1/s1. The molecule has 120 valence electrons. The zero-order chi connectivity index (χ0) is 16.4. The van der Waals surface area contributed by atoms with Crippen molar-refractivity contribution in [3.8, 4) is 0 Å². The van der Waals surface area contributed by atoms with Crippen LogP contribution in [0.2, 0.25) is 0 Å². The highest BCUT2D eigenvalue weighted by Crippen LogP contribution is 2.33. The topological polar surface area (TPSA) is 17.1 Å². The molecule has 1 aliphatic carbocycles. The lowest BCUT2D eigenvalue weighted by molar-refractivity contribution is -0.114. The Hall–Kier alpha value is -1.67. The molecule has 3 rings (SSSR count). The van der Waals surface area contributed by atoms with Crippen molar-refractivity contribution in [1.82, 2.24) is 0 Å². The SMILES string of the molecule is C=C1C(=O)CC[C@@H]1/C=C/C(C)(C)CCc1cc2ccccc2s1. The van der Waals surface area contributed by atoms with Crippen LogP contribution < -0.4 is 0 Å². The van der Waals surface area contributed by atoms with Crippen molar-refractivity contribution in [3.63, 3.8) is 0 Å². The van der Waals surface area contributed by atoms with Crippen LogP contribution >= 0.6 is 11.3 Å². The Kier molecular flexibility index (Phi) is 4.54. The average molecular weight is 324 g/mol. The molecule has 1 atom stereocenters. The van der Waals surface area contributed by atoms with Gasteiger partial charge in [0, 0.05) is 21.9 Å². The van der Waals surface area contributed by atoms with Gasteiger partial charge in [-0.3, -0.25) is 4.79 Å². The minimum absolute atomic E-state index is 0.141. The Labute approximate surface area is 142 Å². The first-order valence-corrected chi connectivity index (χ1v) is 9.15. The number of hydrogen-bond acceptors (Lipinski definition) is 2. The maximum absolute atomic E-state index is 11.6. The molecule has 0 N–H and O–H groups in total. The van der Waals surface area contributed by atoms with Crippen molar-refractivity contribution in [2.75, 3.05) is 0 Å². The summed E-state index contributed by atoms with van der Waals surface area (Å²) < 4.78 is 1.37. The largest absolute Gasteiger partial charge is 0.295 e. The molecule has 2 heteroatoms. The molecule has 1 fully saturated rings. The summed E-state index contributed by atoms with van der Waals surface area (Å²) in [6, 6.07) is 10.9. The van der Waals surface area contributed by atoms with Crippen molar-refractivity contribution in [2.45, 2.75) is 39.5 Å². The van der Waals surface area contributed by atoms with E-state index in [0.29, 0.717) is 6.42 Å². The predicted molar refractivity (Wildman–Crippen MR) is 99.9 cm³/mol. The molecule has 1 aromatic heterocycles. The zero-order valence-corrected chi connectivity index (χ0v) is 14.8. The highest BCUT2D eigenvalue weighted by molar-refractivity contribution is 7.19. The van der Waals surface area contributed by atoms with Crippen LogP contribution in [0.4, 0.5) is 0 Å². The zero-order valence-electron chi connectivity index (χ0n) is 14.0. The summed E-state index contributed by atoms with van der Waals surface area (Å²) in [5.74, 6) is 0.494. The van der Waals surface area contributed by atoms with E-state index in [9.17, 15) is 4.79 Å². The molecule has 1 saturated carbocycles. The molecule has 23 heavy (non-hydrogen) atoms. The van der Waals surface area contributed by atoms with Crippen LogP contribution in [0.5, 0.6) is 0 Å². The first-order valence-electron chi connectivity index (χ1n) is 8.33. The number of carbonyl (C=O) groups excluding carboxylic acids is 1. The van der Waals surface area contributed by atoms with E-state index < -0.39 is 0 Å². The molecule has 0 aliphatic heterocycles. The number of allylic oxidation sites excluding steroid dienone is 3. The van der Waals surface area contributed by atoms with Gasteiger partial charge in [0.2, 0.25) is 0 Å². The predicted octanol–water partition coefficient (Wildman–Crippen LogP) is 5.95. The second kappa shape index (κ2) is 6.45. The van der Waals surface area contributed by atoms with E-state index in [1.165, 1.54) is 15.0 Å². The van der Waals surface area contributed by atoms with Crippen LogP contribution in [0, 0.1) is 11.3 Å². The third kappa shape index (κ3) is 3.81. The fourth-order valence-corrected chi connectivity index (χ4v) is 4.17. The Bertz CT molecular complexity index is 730. The molecule has 0 spiro atoms. The van der Waals surface area contributed by atoms with E-state index in [1.54, 1.807) is 0 Å². The van der Waals surface area contributed by atoms with Gasteiger partial charge in [-0.15, -0.1) is 11.3 Å². The van der Waals surface area contributed by atoms with E-state index in [2.05, 4.69) is 62.9 Å². The van der Waals surface area contributed by atoms with Crippen LogP contribution in [-0.4, -0.2) is 5.78 Å². The molecule has 0 unspecified atom stereocenters. The van der Waals surface area contributed by atoms with E-state index in [4.69, 9.17) is 0 Å². The minimum atomic E-state index is 0.141. The van der Waals surface area contributed by atoms with Crippen LogP contribution in [0.25, 0.3) is 10.1 Å². The Morgan fingerprint density at radius 2 is 2.13 bits per heavy atom. The van der Waals surface area contributed by atoms with Crippen molar-refractivity contribution >= 4 is 27.2 Å². The average Bonchev–Trinajstić information content (AvgIpc) is 3.08. The number of hydrogen-bond donors (Lipinski definition) is 0. The fraction of sp³-hybridized carbons (Fsp3) is 0.381. The van der Waals surface area contributed by atoms with Gasteiger partial charge in [0.25, 0.3) is 0 Å². The molecule has 1 heterocycles. The first-order chi connectivity index (χ1) is 10.9. The maximum atomic E-state index is 11.6. The van der Waals surface area contributed by atoms with Gasteiger partial charge in [-0.25, -0.2) is 0 Å². The van der Waals surface area contributed by atoms with Gasteiger partial charge in [-0.2, -0.15) is 0 Å². The summed E-state index contributed by atoms with van der Waals surface area (Å²) in [7, 11) is 0. The lowest BCUT2D eigenvalue weighted by Gasteiger charge is -2.20. The highest BCUT2D eigenvalue weighted by Gasteiger charge is 2.25. The van der Waals surface area contributed by atoms with Crippen LogP contribution in [0.3, 0.4) is 0 Å². The van der Waals surface area contributed by atoms with Gasteiger partial charge in [0.1, 0.15) is 0 Å². The Morgan fingerprint density at radius 1 is 1.35 bits per heavy atom. The molecule has 1 aromatic carbocycles. The second-order valence-electron chi connectivity index (χ2n) is 7.19. The summed E-state index contributed by atoms with van der Waals surface area (Å²) in [4.78, 5) is 13.0. The van der Waals surface area contributed by atoms with E-state index in [-0.39, 0.29) is 17.1 Å². The number of rotatable bonds is 5. The van der Waals surface area contributed by atoms with E-state index in [0.717, 1.165) is 24.8 Å². The number of ketones is 1. The third-order valence-electron chi connectivity index (χ3n) is 4.76.